The Balaban J connectivity index is 1.73. The molecule has 0 radical (unpaired) electrons. The minimum absolute atomic E-state index is 0.0583. The number of benzene rings is 3. The largest absolute Gasteiger partial charge is 0.332 e. The molecule has 162 valence electrons. The minimum atomic E-state index is -0.651. The second-order valence-electron chi connectivity index (χ2n) is 7.08. The van der Waals surface area contributed by atoms with Gasteiger partial charge in [0.05, 0.1) is 27.5 Å². The van der Waals surface area contributed by atoms with E-state index in [4.69, 9.17) is 23.2 Å². The minimum Gasteiger partial charge on any atom is -0.324 e. The molecular formula is C23H16Cl2FN3O3. The van der Waals surface area contributed by atoms with Crippen LogP contribution in [-0.4, -0.2) is 15.0 Å². The van der Waals surface area contributed by atoms with Gasteiger partial charge in [0.1, 0.15) is 12.4 Å². The molecule has 0 aliphatic carbocycles. The van der Waals surface area contributed by atoms with Crippen LogP contribution in [0.15, 0.2) is 76.3 Å². The van der Waals surface area contributed by atoms with E-state index in [2.05, 4.69) is 5.32 Å². The lowest BCUT2D eigenvalue weighted by Gasteiger charge is -2.14. The van der Waals surface area contributed by atoms with Crippen molar-refractivity contribution in [2.75, 3.05) is 5.32 Å². The first-order valence-electron chi connectivity index (χ1n) is 9.55. The van der Waals surface area contributed by atoms with Crippen LogP contribution in [0.5, 0.6) is 0 Å². The molecule has 1 heterocycles. The maximum Gasteiger partial charge on any atom is 0.332 e. The van der Waals surface area contributed by atoms with Crippen LogP contribution in [0, 0.1) is 5.82 Å². The highest BCUT2D eigenvalue weighted by Crippen LogP contribution is 2.25. The highest BCUT2D eigenvalue weighted by Gasteiger charge is 2.16. The number of hydrogen-bond donors (Lipinski definition) is 1. The molecule has 6 nitrogen and oxygen atoms in total. The molecule has 0 unspecified atom stereocenters. The third-order valence-electron chi connectivity index (χ3n) is 4.89. The van der Waals surface area contributed by atoms with Crippen LogP contribution in [0.25, 0.3) is 10.9 Å². The summed E-state index contributed by atoms with van der Waals surface area (Å²) in [5.74, 6) is -0.904. The Bertz CT molecular complexity index is 1450. The fourth-order valence-corrected chi connectivity index (χ4v) is 3.65. The molecular weight excluding hydrogens is 456 g/mol. The summed E-state index contributed by atoms with van der Waals surface area (Å²) in [6, 6.07) is 16.7. The predicted molar refractivity (Wildman–Crippen MR) is 123 cm³/mol. The first-order valence-corrected chi connectivity index (χ1v) is 10.3. The molecule has 1 amide bonds. The van der Waals surface area contributed by atoms with Crippen LogP contribution in [0.4, 0.5) is 10.1 Å². The lowest BCUT2D eigenvalue weighted by molar-refractivity contribution is -0.116. The fourth-order valence-electron chi connectivity index (χ4n) is 3.35. The number of para-hydroxylation sites is 1. The van der Waals surface area contributed by atoms with Crippen molar-refractivity contribution in [1.29, 1.82) is 0 Å². The van der Waals surface area contributed by atoms with E-state index in [-0.39, 0.29) is 23.5 Å². The Morgan fingerprint density at radius 3 is 2.34 bits per heavy atom. The molecule has 0 bridgehead atoms. The standard InChI is InChI=1S/C23H16Cl2FN3O3/c24-18-10-9-16(11-19(18)25)27-21(30)13-28-20-4-2-1-3-17(20)22(31)29(23(28)32)12-14-5-7-15(26)8-6-14/h1-11H,12-13H2,(H,27,30). The average molecular weight is 472 g/mol. The first-order chi connectivity index (χ1) is 15.3. The van der Waals surface area contributed by atoms with Crippen molar-refractivity contribution in [3.8, 4) is 0 Å². The summed E-state index contributed by atoms with van der Waals surface area (Å²) in [6.45, 7) is -0.388. The molecule has 0 spiro atoms. The maximum absolute atomic E-state index is 13.2. The number of amides is 1. The van der Waals surface area contributed by atoms with Crippen LogP contribution < -0.4 is 16.6 Å². The van der Waals surface area contributed by atoms with Crippen LogP contribution >= 0.6 is 23.2 Å². The molecule has 4 rings (SSSR count). The molecule has 0 atom stereocenters. The summed E-state index contributed by atoms with van der Waals surface area (Å²) >= 11 is 11.9. The zero-order chi connectivity index (χ0) is 22.8. The van der Waals surface area contributed by atoms with Gasteiger partial charge in [-0.15, -0.1) is 0 Å². The van der Waals surface area contributed by atoms with Gasteiger partial charge < -0.3 is 5.32 Å². The van der Waals surface area contributed by atoms with Gasteiger partial charge in [0.25, 0.3) is 5.56 Å². The van der Waals surface area contributed by atoms with Gasteiger partial charge in [0.2, 0.25) is 5.91 Å². The molecule has 1 N–H and O–H groups in total. The van der Waals surface area contributed by atoms with Crippen molar-refractivity contribution >= 4 is 45.7 Å². The van der Waals surface area contributed by atoms with Crippen molar-refractivity contribution in [3.05, 3.63) is 109 Å². The SMILES string of the molecule is O=C(Cn1c(=O)n(Cc2ccc(F)cc2)c(=O)c2ccccc21)Nc1ccc(Cl)c(Cl)c1. The summed E-state index contributed by atoms with van der Waals surface area (Å²) in [4.78, 5) is 38.9. The lowest BCUT2D eigenvalue weighted by atomic mass is 10.2. The van der Waals surface area contributed by atoms with E-state index in [0.717, 1.165) is 4.57 Å². The molecule has 0 aliphatic rings. The number of rotatable bonds is 5. The van der Waals surface area contributed by atoms with E-state index in [1.807, 2.05) is 0 Å². The van der Waals surface area contributed by atoms with Gasteiger partial charge in [-0.25, -0.2) is 9.18 Å². The number of halogens is 3. The van der Waals surface area contributed by atoms with Crippen LogP contribution in [0.2, 0.25) is 10.0 Å². The zero-order valence-electron chi connectivity index (χ0n) is 16.5. The van der Waals surface area contributed by atoms with E-state index in [0.29, 0.717) is 21.8 Å². The number of nitrogens with one attached hydrogen (secondary N) is 1. The van der Waals surface area contributed by atoms with Gasteiger partial charge in [-0.1, -0.05) is 47.5 Å². The first kappa shape index (κ1) is 21.8. The zero-order valence-corrected chi connectivity index (χ0v) is 18.0. The number of fused-ring (bicyclic) bond motifs is 1. The van der Waals surface area contributed by atoms with Gasteiger partial charge in [-0.3, -0.25) is 18.7 Å². The van der Waals surface area contributed by atoms with Crippen molar-refractivity contribution in [2.45, 2.75) is 13.1 Å². The summed E-state index contributed by atoms with van der Waals surface area (Å²) in [6.07, 6.45) is 0. The predicted octanol–water partition coefficient (Wildman–Crippen LogP) is 4.30. The Kier molecular flexibility index (Phi) is 6.12. The Morgan fingerprint density at radius 2 is 1.62 bits per heavy atom. The summed E-state index contributed by atoms with van der Waals surface area (Å²) in [5.41, 5.74) is 0.189. The van der Waals surface area contributed by atoms with Gasteiger partial charge in [0, 0.05) is 5.69 Å². The van der Waals surface area contributed by atoms with Gasteiger partial charge in [-0.2, -0.15) is 0 Å². The Morgan fingerprint density at radius 1 is 0.906 bits per heavy atom. The molecule has 3 aromatic carbocycles. The van der Waals surface area contributed by atoms with Gasteiger partial charge in [0.15, 0.2) is 0 Å². The van der Waals surface area contributed by atoms with Crippen LogP contribution in [0.3, 0.4) is 0 Å². The monoisotopic (exact) mass is 471 g/mol. The van der Waals surface area contributed by atoms with Crippen molar-refractivity contribution < 1.29 is 9.18 Å². The van der Waals surface area contributed by atoms with E-state index < -0.39 is 23.0 Å². The number of anilines is 1. The quantitative estimate of drug-likeness (QED) is 0.471. The van der Waals surface area contributed by atoms with Crippen molar-refractivity contribution in [3.63, 3.8) is 0 Å². The number of nitrogens with zero attached hydrogens (tertiary/aromatic N) is 2. The normalized spacial score (nSPS) is 11.0. The topological polar surface area (TPSA) is 73.1 Å². The molecule has 9 heteroatoms. The number of aromatic nitrogens is 2. The van der Waals surface area contributed by atoms with E-state index in [1.54, 1.807) is 36.4 Å². The highest BCUT2D eigenvalue weighted by molar-refractivity contribution is 6.42. The second-order valence-corrected chi connectivity index (χ2v) is 7.90. The number of carbonyl (C=O) groups is 1. The highest BCUT2D eigenvalue weighted by atomic mass is 35.5. The van der Waals surface area contributed by atoms with Crippen molar-refractivity contribution in [2.24, 2.45) is 0 Å². The number of carbonyl (C=O) groups excluding carboxylic acids is 1. The average Bonchev–Trinajstić information content (AvgIpc) is 2.78. The van der Waals surface area contributed by atoms with Crippen LogP contribution in [-0.2, 0) is 17.9 Å². The second kappa shape index (κ2) is 8.98. The molecule has 32 heavy (non-hydrogen) atoms. The third kappa shape index (κ3) is 4.44. The Hall–Kier alpha value is -3.42. The van der Waals surface area contributed by atoms with Gasteiger partial charge >= 0.3 is 5.69 Å². The number of hydrogen-bond acceptors (Lipinski definition) is 3. The summed E-state index contributed by atoms with van der Waals surface area (Å²) < 4.78 is 15.5. The molecule has 4 aromatic rings. The van der Waals surface area contributed by atoms with E-state index in [9.17, 15) is 18.8 Å². The van der Waals surface area contributed by atoms with Crippen molar-refractivity contribution in [1.82, 2.24) is 9.13 Å². The van der Waals surface area contributed by atoms with E-state index in [1.165, 1.54) is 34.9 Å². The summed E-state index contributed by atoms with van der Waals surface area (Å²) in [7, 11) is 0. The van der Waals surface area contributed by atoms with E-state index >= 15 is 0 Å². The molecule has 1 aromatic heterocycles. The smallest absolute Gasteiger partial charge is 0.324 e. The lowest BCUT2D eigenvalue weighted by Crippen LogP contribution is -2.42. The summed E-state index contributed by atoms with van der Waals surface area (Å²) in [5, 5.41) is 3.58. The van der Waals surface area contributed by atoms with Crippen LogP contribution in [0.1, 0.15) is 5.56 Å². The molecule has 0 fully saturated rings. The van der Waals surface area contributed by atoms with Gasteiger partial charge in [-0.05, 0) is 48.0 Å². The molecule has 0 aliphatic heterocycles. The fraction of sp³-hybridized carbons (Fsp3) is 0.0870. The Labute approximate surface area is 191 Å². The molecule has 0 saturated carbocycles. The maximum atomic E-state index is 13.2. The molecule has 0 saturated heterocycles. The third-order valence-corrected chi connectivity index (χ3v) is 5.63.